The molecule has 1 aromatic carbocycles. The van der Waals surface area contributed by atoms with Crippen molar-refractivity contribution >= 4 is 47.2 Å². The molecule has 0 saturated heterocycles. The van der Waals surface area contributed by atoms with Gasteiger partial charge in [0.1, 0.15) is 5.60 Å². The van der Waals surface area contributed by atoms with Gasteiger partial charge in [0.15, 0.2) is 5.96 Å². The third kappa shape index (κ3) is 8.31. The molecule has 0 spiro atoms. The molecular formula is C21H31IN4O2S. The molecule has 29 heavy (non-hydrogen) atoms. The monoisotopic (exact) mass is 530 g/mol. The minimum atomic E-state index is -0.979. The number of nitrogens with zero attached hydrogens (tertiary/aromatic N) is 1. The zero-order valence-electron chi connectivity index (χ0n) is 17.2. The predicted octanol–water partition coefficient (Wildman–Crippen LogP) is 3.47. The van der Waals surface area contributed by atoms with Crippen molar-refractivity contribution in [2.24, 2.45) is 4.99 Å². The standard InChI is InChI=1S/C21H30N4O2S.HI/c1-4-10-23-19(26)17-8-6-7-16(12-17)13-24-20(22-5-2)25-15-21(3,27)18-9-11-28-14-18;/h6-9,11-12,14,27H,4-5,10,13,15H2,1-3H3,(H,23,26)(H2,22,24,25);1H. The van der Waals surface area contributed by atoms with Crippen molar-refractivity contribution < 1.29 is 9.90 Å². The molecule has 1 aromatic heterocycles. The number of thiophene rings is 1. The second kappa shape index (κ2) is 12.8. The van der Waals surface area contributed by atoms with Crippen LogP contribution < -0.4 is 16.0 Å². The summed E-state index contributed by atoms with van der Waals surface area (Å²) in [5.41, 5.74) is 1.49. The fourth-order valence-corrected chi connectivity index (χ4v) is 3.38. The van der Waals surface area contributed by atoms with Crippen LogP contribution in [0.15, 0.2) is 46.1 Å². The first-order chi connectivity index (χ1) is 13.5. The highest BCUT2D eigenvalue weighted by Crippen LogP contribution is 2.21. The largest absolute Gasteiger partial charge is 0.384 e. The Morgan fingerprint density at radius 3 is 2.66 bits per heavy atom. The van der Waals surface area contributed by atoms with Crippen molar-refractivity contribution in [2.75, 3.05) is 19.6 Å². The number of benzene rings is 1. The van der Waals surface area contributed by atoms with E-state index in [1.54, 1.807) is 24.3 Å². The second-order valence-electron chi connectivity index (χ2n) is 6.79. The number of carbonyl (C=O) groups is 1. The highest BCUT2D eigenvalue weighted by Gasteiger charge is 2.23. The fraction of sp³-hybridized carbons (Fsp3) is 0.429. The first-order valence-electron chi connectivity index (χ1n) is 9.60. The van der Waals surface area contributed by atoms with E-state index >= 15 is 0 Å². The van der Waals surface area contributed by atoms with E-state index in [-0.39, 0.29) is 29.9 Å². The van der Waals surface area contributed by atoms with Gasteiger partial charge in [-0.05, 0) is 60.4 Å². The Labute approximate surface area is 194 Å². The molecule has 0 fully saturated rings. The van der Waals surface area contributed by atoms with Crippen molar-refractivity contribution in [1.82, 2.24) is 16.0 Å². The number of halogens is 1. The molecule has 0 aliphatic rings. The molecule has 0 bridgehead atoms. The summed E-state index contributed by atoms with van der Waals surface area (Å²) in [5.74, 6) is 0.559. The summed E-state index contributed by atoms with van der Waals surface area (Å²) in [5, 5.41) is 23.8. The Balaban J connectivity index is 0.00000420. The lowest BCUT2D eigenvalue weighted by molar-refractivity contribution is 0.0621. The summed E-state index contributed by atoms with van der Waals surface area (Å²) in [4.78, 5) is 16.7. The van der Waals surface area contributed by atoms with E-state index in [1.165, 1.54) is 0 Å². The van der Waals surface area contributed by atoms with Crippen molar-refractivity contribution in [3.05, 3.63) is 57.8 Å². The number of hydrogen-bond donors (Lipinski definition) is 4. The van der Waals surface area contributed by atoms with E-state index in [0.717, 1.165) is 17.5 Å². The molecule has 0 aliphatic carbocycles. The summed E-state index contributed by atoms with van der Waals surface area (Å²) in [6, 6.07) is 9.41. The topological polar surface area (TPSA) is 85.8 Å². The van der Waals surface area contributed by atoms with E-state index < -0.39 is 5.60 Å². The molecule has 1 heterocycles. The van der Waals surface area contributed by atoms with Crippen LogP contribution in [0.1, 0.15) is 48.7 Å². The van der Waals surface area contributed by atoms with Gasteiger partial charge in [0.25, 0.3) is 5.91 Å². The summed E-state index contributed by atoms with van der Waals surface area (Å²) in [6.07, 6.45) is 0.905. The molecular weight excluding hydrogens is 499 g/mol. The van der Waals surface area contributed by atoms with Gasteiger partial charge in [-0.3, -0.25) is 4.79 Å². The SMILES string of the molecule is CCCNC(=O)c1cccc(CN=C(NCC)NCC(C)(O)c2ccsc2)c1.I. The number of hydrogen-bond acceptors (Lipinski definition) is 4. The average molecular weight is 530 g/mol. The van der Waals surface area contributed by atoms with Gasteiger partial charge in [0.2, 0.25) is 0 Å². The van der Waals surface area contributed by atoms with Crippen LogP contribution in [-0.4, -0.2) is 36.6 Å². The normalized spacial score (nSPS) is 13.2. The van der Waals surface area contributed by atoms with Crippen molar-refractivity contribution in [2.45, 2.75) is 39.3 Å². The van der Waals surface area contributed by atoms with Gasteiger partial charge in [-0.25, -0.2) is 4.99 Å². The molecule has 0 saturated carbocycles. The van der Waals surface area contributed by atoms with Gasteiger partial charge in [0.05, 0.1) is 13.1 Å². The van der Waals surface area contributed by atoms with E-state index in [2.05, 4.69) is 20.9 Å². The molecule has 8 heteroatoms. The molecule has 0 radical (unpaired) electrons. The van der Waals surface area contributed by atoms with Crippen molar-refractivity contribution in [1.29, 1.82) is 0 Å². The number of amides is 1. The predicted molar refractivity (Wildman–Crippen MR) is 131 cm³/mol. The maximum atomic E-state index is 12.1. The van der Waals surface area contributed by atoms with Crippen LogP contribution in [0.25, 0.3) is 0 Å². The average Bonchev–Trinajstić information content (AvgIpc) is 3.24. The van der Waals surface area contributed by atoms with Crippen LogP contribution in [0, 0.1) is 0 Å². The van der Waals surface area contributed by atoms with Gasteiger partial charge in [0, 0.05) is 18.7 Å². The number of nitrogens with one attached hydrogen (secondary N) is 3. The maximum absolute atomic E-state index is 12.1. The van der Waals surface area contributed by atoms with E-state index in [0.29, 0.717) is 37.7 Å². The van der Waals surface area contributed by atoms with Crippen LogP contribution in [0.2, 0.25) is 0 Å². The Bertz CT molecular complexity index is 779. The number of rotatable bonds is 9. The van der Waals surface area contributed by atoms with Gasteiger partial charge in [-0.2, -0.15) is 11.3 Å². The molecule has 0 aliphatic heterocycles. The lowest BCUT2D eigenvalue weighted by Gasteiger charge is -2.24. The molecule has 160 valence electrons. The number of aliphatic hydroxyl groups is 1. The molecule has 6 nitrogen and oxygen atoms in total. The Morgan fingerprint density at radius 1 is 1.21 bits per heavy atom. The van der Waals surface area contributed by atoms with Crippen LogP contribution in [0.3, 0.4) is 0 Å². The molecule has 2 aromatic rings. The van der Waals surface area contributed by atoms with Gasteiger partial charge < -0.3 is 21.1 Å². The highest BCUT2D eigenvalue weighted by molar-refractivity contribution is 14.0. The number of guanidine groups is 1. The van der Waals surface area contributed by atoms with Gasteiger partial charge in [-0.15, -0.1) is 24.0 Å². The summed E-state index contributed by atoms with van der Waals surface area (Å²) in [7, 11) is 0. The molecule has 2 rings (SSSR count). The van der Waals surface area contributed by atoms with E-state index in [1.807, 2.05) is 48.9 Å². The van der Waals surface area contributed by atoms with E-state index in [9.17, 15) is 9.90 Å². The van der Waals surface area contributed by atoms with Crippen molar-refractivity contribution in [3.63, 3.8) is 0 Å². The first-order valence-corrected chi connectivity index (χ1v) is 10.5. The zero-order valence-corrected chi connectivity index (χ0v) is 20.3. The Morgan fingerprint density at radius 2 is 2.00 bits per heavy atom. The lowest BCUT2D eigenvalue weighted by atomic mass is 9.99. The Hall–Kier alpha value is -1.65. The highest BCUT2D eigenvalue weighted by atomic mass is 127. The Kier molecular flexibility index (Phi) is 11.2. The van der Waals surface area contributed by atoms with Crippen LogP contribution in [0.4, 0.5) is 0 Å². The quantitative estimate of drug-likeness (QED) is 0.227. The van der Waals surface area contributed by atoms with Crippen molar-refractivity contribution in [3.8, 4) is 0 Å². The third-order valence-electron chi connectivity index (χ3n) is 4.23. The minimum absolute atomic E-state index is 0. The molecule has 4 N–H and O–H groups in total. The fourth-order valence-electron chi connectivity index (χ4n) is 2.59. The lowest BCUT2D eigenvalue weighted by Crippen LogP contribution is -2.44. The van der Waals surface area contributed by atoms with Crippen LogP contribution in [-0.2, 0) is 12.1 Å². The van der Waals surface area contributed by atoms with Gasteiger partial charge in [-0.1, -0.05) is 19.1 Å². The zero-order chi connectivity index (χ0) is 20.4. The third-order valence-corrected chi connectivity index (χ3v) is 4.92. The summed E-state index contributed by atoms with van der Waals surface area (Å²) < 4.78 is 0. The maximum Gasteiger partial charge on any atom is 0.251 e. The first kappa shape index (κ1) is 25.4. The second-order valence-corrected chi connectivity index (χ2v) is 7.57. The number of carbonyl (C=O) groups excluding carboxylic acids is 1. The van der Waals surface area contributed by atoms with Crippen LogP contribution in [0.5, 0.6) is 0 Å². The van der Waals surface area contributed by atoms with Crippen LogP contribution >= 0.6 is 35.3 Å². The van der Waals surface area contributed by atoms with Gasteiger partial charge >= 0.3 is 0 Å². The molecule has 1 unspecified atom stereocenters. The summed E-state index contributed by atoms with van der Waals surface area (Å²) >= 11 is 1.56. The molecule has 1 amide bonds. The summed E-state index contributed by atoms with van der Waals surface area (Å²) in [6.45, 7) is 7.96. The van der Waals surface area contributed by atoms with E-state index in [4.69, 9.17) is 0 Å². The molecule has 1 atom stereocenters. The minimum Gasteiger partial charge on any atom is -0.384 e. The number of aliphatic imine (C=N–C) groups is 1. The smallest absolute Gasteiger partial charge is 0.251 e.